The number of rotatable bonds is 11. The third-order valence-corrected chi connectivity index (χ3v) is 15.2. The molecule has 0 amide bonds. The summed E-state index contributed by atoms with van der Waals surface area (Å²) >= 11 is 15.0. The number of hydrogen-bond donors (Lipinski definition) is 5. The molecule has 6 aromatic rings. The molecule has 2 fully saturated rings. The standard InChI is InChI=1S/C19H21ClN4O2S2.C13H17ClN4S.C6H5ClO2S/c20-18-7-6-15(27-18)13-21-19-12-17(22-23-19)14-8-10-24(11-9-14)28(25,26)16-4-2-1-3-5-16;14-12-2-1-10(19-12)8-16-13-7-11(17-18-13)9-3-5-15-6-4-9;7-10(8,9)6-4-2-1-3-5-6/h1-7,12,14H,8-11,13H2,(H2,21,22,23);1-2,7,9,15H,3-6,8H2,(H2,16,17,18);1-5H. The van der Waals surface area contributed by atoms with Gasteiger partial charge in [0.2, 0.25) is 10.0 Å². The van der Waals surface area contributed by atoms with Crippen LogP contribution in [-0.4, -0.2) is 67.7 Å². The van der Waals surface area contributed by atoms with Crippen molar-refractivity contribution in [2.45, 2.75) is 60.4 Å². The number of benzene rings is 2. The summed E-state index contributed by atoms with van der Waals surface area (Å²) in [4.78, 5) is 2.86. The zero-order valence-corrected chi connectivity index (χ0v) is 36.2. The van der Waals surface area contributed by atoms with Crippen LogP contribution in [0.15, 0.2) is 107 Å². The van der Waals surface area contributed by atoms with Crippen molar-refractivity contribution in [2.75, 3.05) is 36.8 Å². The predicted octanol–water partition coefficient (Wildman–Crippen LogP) is 9.12. The molecule has 4 aromatic heterocycles. The number of piperidine rings is 2. The number of H-pyrrole nitrogens is 2. The summed E-state index contributed by atoms with van der Waals surface area (Å²) in [6.07, 6.45) is 3.91. The topological polar surface area (TPSA) is 165 Å². The summed E-state index contributed by atoms with van der Waals surface area (Å²) in [5.74, 6) is 2.60. The number of sulfonamides is 1. The van der Waals surface area contributed by atoms with E-state index in [0.29, 0.717) is 30.4 Å². The summed E-state index contributed by atoms with van der Waals surface area (Å²) < 4.78 is 49.9. The van der Waals surface area contributed by atoms with Crippen molar-refractivity contribution in [2.24, 2.45) is 0 Å². The number of hydrogen-bond acceptors (Lipinski definition) is 11. The van der Waals surface area contributed by atoms with Crippen LogP contribution in [0, 0.1) is 0 Å². The number of halogens is 3. The summed E-state index contributed by atoms with van der Waals surface area (Å²) in [7, 11) is -1.91. The normalized spacial score (nSPS) is 15.6. The first-order chi connectivity index (χ1) is 27.4. The molecule has 304 valence electrons. The van der Waals surface area contributed by atoms with Crippen LogP contribution in [0.4, 0.5) is 11.6 Å². The summed E-state index contributed by atoms with van der Waals surface area (Å²) in [5.41, 5.74) is 2.29. The van der Waals surface area contributed by atoms with Crippen LogP contribution in [0.2, 0.25) is 8.67 Å². The van der Waals surface area contributed by atoms with Gasteiger partial charge in [0, 0.05) is 68.9 Å². The quantitative estimate of drug-likeness (QED) is 0.0798. The fourth-order valence-electron chi connectivity index (χ4n) is 6.39. The van der Waals surface area contributed by atoms with E-state index >= 15 is 0 Å². The monoisotopic (exact) mass is 908 g/mol. The van der Waals surface area contributed by atoms with Gasteiger partial charge in [0.05, 0.1) is 31.6 Å². The lowest BCUT2D eigenvalue weighted by molar-refractivity contribution is 0.316. The molecule has 0 aliphatic carbocycles. The second-order valence-corrected chi connectivity index (χ2v) is 21.4. The summed E-state index contributed by atoms with van der Waals surface area (Å²) in [6.45, 7) is 4.67. The second-order valence-electron chi connectivity index (χ2n) is 13.3. The average Bonchev–Trinajstić information content (AvgIpc) is 4.07. The molecule has 57 heavy (non-hydrogen) atoms. The fraction of sp³-hybridized carbons (Fsp3) is 0.316. The van der Waals surface area contributed by atoms with E-state index in [1.54, 1.807) is 69.4 Å². The van der Waals surface area contributed by atoms with E-state index in [9.17, 15) is 16.8 Å². The number of aromatic nitrogens is 4. The van der Waals surface area contributed by atoms with Crippen LogP contribution < -0.4 is 16.0 Å². The van der Waals surface area contributed by atoms with Crippen molar-refractivity contribution in [3.63, 3.8) is 0 Å². The molecule has 0 unspecified atom stereocenters. The number of anilines is 2. The summed E-state index contributed by atoms with van der Waals surface area (Å²) in [5, 5.41) is 24.9. The Balaban J connectivity index is 0.000000162. The molecule has 0 bridgehead atoms. The van der Waals surface area contributed by atoms with Crippen LogP contribution in [0.1, 0.15) is 58.7 Å². The molecular weight excluding hydrogens is 867 g/mol. The number of aromatic amines is 2. The van der Waals surface area contributed by atoms with Gasteiger partial charge in [-0.25, -0.2) is 16.8 Å². The van der Waals surface area contributed by atoms with Crippen molar-refractivity contribution < 1.29 is 16.8 Å². The molecule has 0 radical (unpaired) electrons. The largest absolute Gasteiger partial charge is 0.364 e. The Morgan fingerprint density at radius 3 is 1.53 bits per heavy atom. The highest BCUT2D eigenvalue weighted by Gasteiger charge is 2.30. The van der Waals surface area contributed by atoms with Crippen LogP contribution in [-0.2, 0) is 32.2 Å². The molecule has 8 rings (SSSR count). The molecule has 2 aliphatic rings. The van der Waals surface area contributed by atoms with E-state index < -0.39 is 19.1 Å². The van der Waals surface area contributed by atoms with E-state index in [-0.39, 0.29) is 10.8 Å². The average molecular weight is 910 g/mol. The van der Waals surface area contributed by atoms with Gasteiger partial charge in [-0.3, -0.25) is 10.2 Å². The first-order valence-corrected chi connectivity index (χ1v) is 24.4. The molecule has 0 spiro atoms. The lowest BCUT2D eigenvalue weighted by atomic mass is 9.95. The second kappa shape index (κ2) is 20.5. The summed E-state index contributed by atoms with van der Waals surface area (Å²) in [6, 6.07) is 28.5. The van der Waals surface area contributed by atoms with E-state index in [1.165, 1.54) is 35.5 Å². The number of nitrogens with zero attached hydrogens (tertiary/aromatic N) is 3. The van der Waals surface area contributed by atoms with Crippen molar-refractivity contribution in [1.82, 2.24) is 30.0 Å². The Morgan fingerprint density at radius 2 is 1.11 bits per heavy atom. The molecule has 5 N–H and O–H groups in total. The first-order valence-electron chi connectivity index (χ1n) is 18.3. The van der Waals surface area contributed by atoms with E-state index in [1.807, 2.05) is 36.4 Å². The van der Waals surface area contributed by atoms with E-state index in [4.69, 9.17) is 33.9 Å². The highest BCUT2D eigenvalue weighted by Crippen LogP contribution is 2.31. The molecule has 2 aliphatic heterocycles. The van der Waals surface area contributed by atoms with Crippen molar-refractivity contribution in [3.8, 4) is 0 Å². The highest BCUT2D eigenvalue weighted by atomic mass is 35.7. The van der Waals surface area contributed by atoms with Crippen molar-refractivity contribution in [1.29, 1.82) is 0 Å². The van der Waals surface area contributed by atoms with Gasteiger partial charge < -0.3 is 16.0 Å². The SMILES string of the molecule is Clc1ccc(CNc2cc(C3CCNCC3)[nH]n2)s1.O=S(=O)(Cl)c1ccccc1.O=S(=O)(c1ccccc1)N1CCC(c2cc(NCc3ccc(Cl)s3)n[nH]2)CC1. The molecule has 19 heteroatoms. The highest BCUT2D eigenvalue weighted by molar-refractivity contribution is 8.13. The Kier molecular flexibility index (Phi) is 15.5. The van der Waals surface area contributed by atoms with Crippen molar-refractivity contribution in [3.05, 3.63) is 127 Å². The minimum atomic E-state index is -3.53. The van der Waals surface area contributed by atoms with Crippen molar-refractivity contribution >= 4 is 87.3 Å². The molecule has 6 heterocycles. The number of thiophene rings is 2. The lowest BCUT2D eigenvalue weighted by Crippen LogP contribution is -2.37. The first kappa shape index (κ1) is 43.1. The van der Waals surface area contributed by atoms with Gasteiger partial charge in [0.25, 0.3) is 9.05 Å². The van der Waals surface area contributed by atoms with Gasteiger partial charge in [0.1, 0.15) is 11.6 Å². The van der Waals surface area contributed by atoms with Crippen LogP contribution in [0.3, 0.4) is 0 Å². The van der Waals surface area contributed by atoms with Crippen LogP contribution >= 0.6 is 56.6 Å². The van der Waals surface area contributed by atoms with Crippen LogP contribution in [0.25, 0.3) is 0 Å². The molecule has 2 aromatic carbocycles. The van der Waals surface area contributed by atoms with Gasteiger partial charge in [-0.1, -0.05) is 59.6 Å². The third-order valence-electron chi connectivity index (χ3n) is 9.42. The Bertz CT molecular complexity index is 2360. The maximum Gasteiger partial charge on any atom is 0.261 e. The molecule has 0 saturated carbocycles. The lowest BCUT2D eigenvalue weighted by Gasteiger charge is -2.30. The van der Waals surface area contributed by atoms with E-state index in [0.717, 1.165) is 63.4 Å². The van der Waals surface area contributed by atoms with Gasteiger partial charge in [-0.05, 0) is 87.3 Å². The maximum absolute atomic E-state index is 12.7. The van der Waals surface area contributed by atoms with Gasteiger partial charge in [0.15, 0.2) is 0 Å². The minimum absolute atomic E-state index is 0.136. The zero-order valence-electron chi connectivity index (χ0n) is 30.7. The fourth-order valence-corrected chi connectivity index (χ4v) is 10.7. The third kappa shape index (κ3) is 12.8. The Morgan fingerprint density at radius 1 is 0.649 bits per heavy atom. The minimum Gasteiger partial charge on any atom is -0.364 e. The molecule has 12 nitrogen and oxygen atoms in total. The Hall–Kier alpha value is -3.45. The van der Waals surface area contributed by atoms with Gasteiger partial charge in [-0.15, -0.1) is 22.7 Å². The smallest absolute Gasteiger partial charge is 0.261 e. The van der Waals surface area contributed by atoms with Crippen LogP contribution in [0.5, 0.6) is 0 Å². The molecular formula is C38H43Cl3N8O4S4. The molecule has 2 saturated heterocycles. The zero-order chi connectivity index (χ0) is 40.3. The van der Waals surface area contributed by atoms with Gasteiger partial charge >= 0.3 is 0 Å². The number of nitrogens with one attached hydrogen (secondary N) is 5. The van der Waals surface area contributed by atoms with E-state index in [2.05, 4.69) is 42.4 Å². The van der Waals surface area contributed by atoms with Gasteiger partial charge in [-0.2, -0.15) is 14.5 Å². The predicted molar refractivity (Wildman–Crippen MR) is 232 cm³/mol. The molecule has 0 atom stereocenters. The Labute approximate surface area is 355 Å². The maximum atomic E-state index is 12.7.